The fourth-order valence-electron chi connectivity index (χ4n) is 1.84. The number of aliphatic hydroxyl groups is 1. The van der Waals surface area contributed by atoms with Gasteiger partial charge in [-0.25, -0.2) is 4.39 Å². The van der Waals surface area contributed by atoms with Gasteiger partial charge in [0, 0.05) is 11.4 Å². The van der Waals surface area contributed by atoms with Crippen LogP contribution in [0.4, 0.5) is 4.39 Å². The van der Waals surface area contributed by atoms with Gasteiger partial charge >= 0.3 is 0 Å². The van der Waals surface area contributed by atoms with Crippen LogP contribution in [-0.2, 0) is 6.42 Å². The van der Waals surface area contributed by atoms with E-state index >= 15 is 0 Å². The fraction of sp³-hybridized carbons (Fsp3) is 0.133. The number of hydrogen-bond acceptors (Lipinski definition) is 2. The lowest BCUT2D eigenvalue weighted by atomic mass is 10.00. The van der Waals surface area contributed by atoms with Gasteiger partial charge < -0.3 is 5.11 Å². The van der Waals surface area contributed by atoms with Crippen LogP contribution >= 0.6 is 11.6 Å². The second-order valence-corrected chi connectivity index (χ2v) is 4.63. The predicted octanol–water partition coefficient (Wildman–Crippen LogP) is 3.63. The summed E-state index contributed by atoms with van der Waals surface area (Å²) in [7, 11) is 0. The molecule has 0 spiro atoms. The molecule has 0 bridgehead atoms. The first-order chi connectivity index (χ1) is 9.10. The highest BCUT2D eigenvalue weighted by molar-refractivity contribution is 6.30. The largest absolute Gasteiger partial charge is 0.388 e. The average Bonchev–Trinajstić information content (AvgIpc) is 2.43. The number of benzene rings is 2. The molecule has 0 aliphatic carbocycles. The summed E-state index contributed by atoms with van der Waals surface area (Å²) in [5.41, 5.74) is 1.39. The molecular formula is C15H11ClFNO. The van der Waals surface area contributed by atoms with Crippen molar-refractivity contribution in [3.8, 4) is 6.07 Å². The van der Waals surface area contributed by atoms with Crippen molar-refractivity contribution < 1.29 is 9.50 Å². The number of aliphatic hydroxyl groups excluding tert-OH is 1. The minimum Gasteiger partial charge on any atom is -0.388 e. The molecule has 1 N–H and O–H groups in total. The summed E-state index contributed by atoms with van der Waals surface area (Å²) in [4.78, 5) is 0. The van der Waals surface area contributed by atoms with Gasteiger partial charge in [0.05, 0.1) is 17.7 Å². The second-order valence-electron chi connectivity index (χ2n) is 4.19. The molecule has 0 radical (unpaired) electrons. The van der Waals surface area contributed by atoms with Gasteiger partial charge in [0.2, 0.25) is 0 Å². The van der Waals surface area contributed by atoms with E-state index in [0.717, 1.165) is 0 Å². The Labute approximate surface area is 115 Å². The Kier molecular flexibility index (Phi) is 4.16. The van der Waals surface area contributed by atoms with Crippen LogP contribution in [-0.4, -0.2) is 5.11 Å². The van der Waals surface area contributed by atoms with E-state index in [2.05, 4.69) is 0 Å². The summed E-state index contributed by atoms with van der Waals surface area (Å²) in [6, 6.07) is 12.9. The number of nitriles is 1. The summed E-state index contributed by atoms with van der Waals surface area (Å²) in [6.45, 7) is 0. The van der Waals surface area contributed by atoms with Crippen LogP contribution in [0.15, 0.2) is 42.5 Å². The van der Waals surface area contributed by atoms with Crippen LogP contribution in [0.2, 0.25) is 5.02 Å². The second kappa shape index (κ2) is 5.83. The molecule has 0 saturated carbocycles. The van der Waals surface area contributed by atoms with Crippen LogP contribution in [0, 0.1) is 17.1 Å². The fourth-order valence-corrected chi connectivity index (χ4v) is 2.04. The zero-order valence-corrected chi connectivity index (χ0v) is 10.7. The van der Waals surface area contributed by atoms with Crippen LogP contribution in [0.3, 0.4) is 0 Å². The van der Waals surface area contributed by atoms with E-state index in [4.69, 9.17) is 16.9 Å². The standard InChI is InChI=1S/C15H11ClFNO/c16-13-4-5-14(17)12(7-13)8-15(19)11-3-1-2-10(6-11)9-18/h1-7,15,19H,8H2. The monoisotopic (exact) mass is 275 g/mol. The zero-order valence-electron chi connectivity index (χ0n) is 9.98. The van der Waals surface area contributed by atoms with Crippen LogP contribution in [0.25, 0.3) is 0 Å². The van der Waals surface area contributed by atoms with Gasteiger partial charge in [-0.15, -0.1) is 0 Å². The maximum Gasteiger partial charge on any atom is 0.126 e. The summed E-state index contributed by atoms with van der Waals surface area (Å²) in [6.07, 6.45) is -0.761. The first kappa shape index (κ1) is 13.5. The van der Waals surface area contributed by atoms with Gasteiger partial charge in [-0.1, -0.05) is 23.7 Å². The Bertz CT molecular complexity index is 636. The van der Waals surface area contributed by atoms with Gasteiger partial charge in [-0.2, -0.15) is 5.26 Å². The Morgan fingerprint density at radius 3 is 2.79 bits per heavy atom. The molecule has 0 fully saturated rings. The van der Waals surface area contributed by atoms with E-state index in [1.165, 1.54) is 18.2 Å². The average molecular weight is 276 g/mol. The maximum atomic E-state index is 13.6. The van der Waals surface area contributed by atoms with E-state index in [9.17, 15) is 9.50 Å². The molecule has 1 atom stereocenters. The topological polar surface area (TPSA) is 44.0 Å². The number of hydrogen-bond donors (Lipinski definition) is 1. The third-order valence-electron chi connectivity index (χ3n) is 2.82. The molecule has 2 aromatic carbocycles. The third kappa shape index (κ3) is 3.31. The molecule has 0 saturated heterocycles. The normalized spacial score (nSPS) is 11.9. The van der Waals surface area contributed by atoms with E-state index in [-0.39, 0.29) is 6.42 Å². The lowest BCUT2D eigenvalue weighted by molar-refractivity contribution is 0.177. The van der Waals surface area contributed by atoms with E-state index in [1.54, 1.807) is 24.3 Å². The molecule has 0 aliphatic rings. The van der Waals surface area contributed by atoms with Crippen molar-refractivity contribution in [3.63, 3.8) is 0 Å². The summed E-state index contributed by atoms with van der Waals surface area (Å²) < 4.78 is 13.6. The lowest BCUT2D eigenvalue weighted by Gasteiger charge is -2.12. The van der Waals surface area contributed by atoms with Gasteiger partial charge in [0.1, 0.15) is 5.82 Å². The molecule has 1 unspecified atom stereocenters. The smallest absolute Gasteiger partial charge is 0.126 e. The molecule has 2 rings (SSSR count). The number of halogens is 2. The SMILES string of the molecule is N#Cc1cccc(C(O)Cc2cc(Cl)ccc2F)c1. The maximum absolute atomic E-state index is 13.6. The van der Waals surface area contributed by atoms with E-state index in [1.807, 2.05) is 6.07 Å². The van der Waals surface area contributed by atoms with Gasteiger partial charge in [0.25, 0.3) is 0 Å². The summed E-state index contributed by atoms with van der Waals surface area (Å²) in [5.74, 6) is -0.403. The van der Waals surface area contributed by atoms with Crippen molar-refractivity contribution in [1.82, 2.24) is 0 Å². The first-order valence-electron chi connectivity index (χ1n) is 5.72. The minimum atomic E-state index is -0.874. The Morgan fingerprint density at radius 1 is 1.26 bits per heavy atom. The van der Waals surface area contributed by atoms with E-state index in [0.29, 0.717) is 21.7 Å². The van der Waals surface area contributed by atoms with Crippen molar-refractivity contribution in [2.45, 2.75) is 12.5 Å². The molecule has 0 aliphatic heterocycles. The summed E-state index contributed by atoms with van der Waals surface area (Å²) in [5, 5.41) is 19.3. The van der Waals surface area contributed by atoms with Crippen molar-refractivity contribution in [2.75, 3.05) is 0 Å². The van der Waals surface area contributed by atoms with Crippen molar-refractivity contribution in [3.05, 3.63) is 70.0 Å². The van der Waals surface area contributed by atoms with E-state index < -0.39 is 11.9 Å². The molecule has 4 heteroatoms. The molecule has 0 heterocycles. The third-order valence-corrected chi connectivity index (χ3v) is 3.06. The highest BCUT2D eigenvalue weighted by Crippen LogP contribution is 2.23. The molecule has 0 aromatic heterocycles. The van der Waals surface area contributed by atoms with Crippen LogP contribution < -0.4 is 0 Å². The van der Waals surface area contributed by atoms with Crippen molar-refractivity contribution >= 4 is 11.6 Å². The molecule has 19 heavy (non-hydrogen) atoms. The van der Waals surface area contributed by atoms with Gasteiger partial charge in [-0.05, 0) is 41.5 Å². The predicted molar refractivity (Wildman–Crippen MR) is 71.2 cm³/mol. The highest BCUT2D eigenvalue weighted by Gasteiger charge is 2.12. The van der Waals surface area contributed by atoms with Gasteiger partial charge in [0.15, 0.2) is 0 Å². The van der Waals surface area contributed by atoms with Crippen LogP contribution in [0.1, 0.15) is 22.8 Å². The number of rotatable bonds is 3. The minimum absolute atomic E-state index is 0.112. The summed E-state index contributed by atoms with van der Waals surface area (Å²) >= 11 is 5.80. The highest BCUT2D eigenvalue weighted by atomic mass is 35.5. The van der Waals surface area contributed by atoms with Crippen molar-refractivity contribution in [2.24, 2.45) is 0 Å². The molecule has 96 valence electrons. The molecule has 2 aromatic rings. The Balaban J connectivity index is 2.23. The quantitative estimate of drug-likeness (QED) is 0.930. The molecular weight excluding hydrogens is 265 g/mol. The number of nitrogens with zero attached hydrogens (tertiary/aromatic N) is 1. The van der Waals surface area contributed by atoms with Gasteiger partial charge in [-0.3, -0.25) is 0 Å². The molecule has 2 nitrogen and oxygen atoms in total. The molecule has 0 amide bonds. The Morgan fingerprint density at radius 2 is 2.05 bits per heavy atom. The van der Waals surface area contributed by atoms with Crippen LogP contribution in [0.5, 0.6) is 0 Å². The van der Waals surface area contributed by atoms with Crippen molar-refractivity contribution in [1.29, 1.82) is 5.26 Å². The lowest BCUT2D eigenvalue weighted by Crippen LogP contribution is -2.04. The Hall–Kier alpha value is -1.89. The zero-order chi connectivity index (χ0) is 13.8. The first-order valence-corrected chi connectivity index (χ1v) is 6.10.